The number of hydrogen-bond donors (Lipinski definition) is 1. The van der Waals surface area contributed by atoms with E-state index in [4.69, 9.17) is 27.9 Å². The van der Waals surface area contributed by atoms with Crippen LogP contribution in [0.25, 0.3) is 0 Å². The van der Waals surface area contributed by atoms with E-state index in [0.717, 1.165) is 0 Å². The molecule has 0 unspecified atom stereocenters. The predicted molar refractivity (Wildman–Crippen MR) is 114 cm³/mol. The molecular formula is C20H20Cl2FN3O3S. The van der Waals surface area contributed by atoms with Gasteiger partial charge in [0.1, 0.15) is 11.6 Å². The van der Waals surface area contributed by atoms with Gasteiger partial charge in [-0.15, -0.1) is 0 Å². The van der Waals surface area contributed by atoms with Gasteiger partial charge in [0.2, 0.25) is 10.0 Å². The fourth-order valence-electron chi connectivity index (χ4n) is 2.91. The number of hydrogen-bond acceptors (Lipinski definition) is 4. The largest absolute Gasteiger partial charge is 0.426 e. The first kappa shape index (κ1) is 22.6. The highest BCUT2D eigenvalue weighted by molar-refractivity contribution is 7.89. The average molecular weight is 472 g/mol. The van der Waals surface area contributed by atoms with Crippen LogP contribution in [0.4, 0.5) is 4.39 Å². The Morgan fingerprint density at radius 3 is 2.43 bits per heavy atom. The van der Waals surface area contributed by atoms with E-state index in [1.807, 2.05) is 13.8 Å². The van der Waals surface area contributed by atoms with Crippen molar-refractivity contribution in [3.8, 4) is 11.8 Å². The lowest BCUT2D eigenvalue weighted by atomic mass is 10.2. The van der Waals surface area contributed by atoms with Gasteiger partial charge in [0.25, 0.3) is 0 Å². The predicted octanol–water partition coefficient (Wildman–Crippen LogP) is 5.57. The molecule has 2 aromatic carbocycles. The van der Waals surface area contributed by atoms with Gasteiger partial charge in [-0.3, -0.25) is 4.57 Å². The first-order valence-electron chi connectivity index (χ1n) is 9.21. The lowest BCUT2D eigenvalue weighted by molar-refractivity contribution is 0.405. The van der Waals surface area contributed by atoms with Gasteiger partial charge in [0.05, 0.1) is 32.9 Å². The Bertz CT molecular complexity index is 1130. The molecule has 0 aliphatic heterocycles. The van der Waals surface area contributed by atoms with Gasteiger partial charge in [-0.2, -0.15) is 0 Å². The quantitative estimate of drug-likeness (QED) is 0.465. The molecule has 0 radical (unpaired) electrons. The lowest BCUT2D eigenvalue weighted by Crippen LogP contribution is -2.29. The minimum atomic E-state index is -3.86. The lowest BCUT2D eigenvalue weighted by Gasteiger charge is -2.19. The van der Waals surface area contributed by atoms with Crippen molar-refractivity contribution < 1.29 is 17.5 Å². The van der Waals surface area contributed by atoms with Gasteiger partial charge < -0.3 is 4.74 Å². The molecule has 0 aliphatic rings. The van der Waals surface area contributed by atoms with Crippen LogP contribution in [0.1, 0.15) is 32.0 Å². The molecule has 6 nitrogen and oxygen atoms in total. The SMILES string of the molecule is CC[C@@H](NS(=O)(=O)c1ccc(Cl)c(Cl)c1)c1cnc(Oc2ccc(F)cc2)n1CC. The van der Waals surface area contributed by atoms with Gasteiger partial charge in [0, 0.05) is 6.54 Å². The van der Waals surface area contributed by atoms with Crippen LogP contribution in [0.15, 0.2) is 53.6 Å². The Labute approximate surface area is 184 Å². The van der Waals surface area contributed by atoms with Crippen LogP contribution >= 0.6 is 23.2 Å². The zero-order chi connectivity index (χ0) is 21.9. The van der Waals surface area contributed by atoms with E-state index in [1.165, 1.54) is 42.5 Å². The number of rotatable bonds is 8. The minimum Gasteiger partial charge on any atom is -0.426 e. The van der Waals surface area contributed by atoms with Crippen LogP contribution in [0.5, 0.6) is 11.8 Å². The molecule has 0 fully saturated rings. The van der Waals surface area contributed by atoms with Crippen molar-refractivity contribution in [2.45, 2.75) is 37.8 Å². The number of aromatic nitrogens is 2. The third-order valence-electron chi connectivity index (χ3n) is 4.45. The van der Waals surface area contributed by atoms with E-state index < -0.39 is 16.1 Å². The van der Waals surface area contributed by atoms with Crippen LogP contribution in [-0.4, -0.2) is 18.0 Å². The van der Waals surface area contributed by atoms with E-state index in [-0.39, 0.29) is 26.8 Å². The van der Waals surface area contributed by atoms with Crippen molar-refractivity contribution in [1.82, 2.24) is 14.3 Å². The van der Waals surface area contributed by atoms with E-state index in [2.05, 4.69) is 9.71 Å². The number of ether oxygens (including phenoxy) is 1. The van der Waals surface area contributed by atoms with Crippen LogP contribution in [-0.2, 0) is 16.6 Å². The topological polar surface area (TPSA) is 73.2 Å². The molecule has 3 rings (SSSR count). The van der Waals surface area contributed by atoms with Crippen molar-refractivity contribution in [2.24, 2.45) is 0 Å². The number of nitrogens with one attached hydrogen (secondary N) is 1. The molecule has 160 valence electrons. The highest BCUT2D eigenvalue weighted by Gasteiger charge is 2.25. The van der Waals surface area contributed by atoms with Crippen LogP contribution < -0.4 is 9.46 Å². The van der Waals surface area contributed by atoms with Crippen LogP contribution in [0, 0.1) is 5.82 Å². The Morgan fingerprint density at radius 2 is 1.83 bits per heavy atom. The first-order chi connectivity index (χ1) is 14.2. The third-order valence-corrected chi connectivity index (χ3v) is 6.66. The Balaban J connectivity index is 1.88. The summed E-state index contributed by atoms with van der Waals surface area (Å²) < 4.78 is 49.0. The maximum atomic E-state index is 13.1. The summed E-state index contributed by atoms with van der Waals surface area (Å²) in [7, 11) is -3.86. The van der Waals surface area contributed by atoms with Crippen molar-refractivity contribution in [3.05, 3.63) is 70.2 Å². The summed E-state index contributed by atoms with van der Waals surface area (Å²) in [6.45, 7) is 4.25. The number of imidazole rings is 1. The van der Waals surface area contributed by atoms with Gasteiger partial charge >= 0.3 is 6.01 Å². The molecule has 0 saturated heterocycles. The zero-order valence-corrected chi connectivity index (χ0v) is 18.6. The molecule has 1 N–H and O–H groups in total. The Kier molecular flexibility index (Phi) is 7.02. The summed E-state index contributed by atoms with van der Waals surface area (Å²) in [6, 6.07) is 9.43. The number of benzene rings is 2. The van der Waals surface area contributed by atoms with Gasteiger partial charge in [-0.25, -0.2) is 22.5 Å². The summed E-state index contributed by atoms with van der Waals surface area (Å²) >= 11 is 11.9. The molecule has 30 heavy (non-hydrogen) atoms. The summed E-state index contributed by atoms with van der Waals surface area (Å²) in [5.74, 6) is 0.0531. The Morgan fingerprint density at radius 1 is 1.13 bits per heavy atom. The van der Waals surface area contributed by atoms with Crippen molar-refractivity contribution in [3.63, 3.8) is 0 Å². The summed E-state index contributed by atoms with van der Waals surface area (Å²) in [5.41, 5.74) is 0.640. The van der Waals surface area contributed by atoms with Crippen molar-refractivity contribution in [1.29, 1.82) is 0 Å². The average Bonchev–Trinajstić information content (AvgIpc) is 3.12. The monoisotopic (exact) mass is 471 g/mol. The molecule has 0 amide bonds. The molecular weight excluding hydrogens is 452 g/mol. The molecule has 0 saturated carbocycles. The second-order valence-corrected chi connectivity index (χ2v) is 8.95. The number of nitrogens with zero attached hydrogens (tertiary/aromatic N) is 2. The normalized spacial score (nSPS) is 12.7. The third kappa shape index (κ3) is 4.95. The zero-order valence-electron chi connectivity index (χ0n) is 16.3. The van der Waals surface area contributed by atoms with Crippen molar-refractivity contribution in [2.75, 3.05) is 0 Å². The molecule has 0 spiro atoms. The fraction of sp³-hybridized carbons (Fsp3) is 0.250. The highest BCUT2D eigenvalue weighted by Crippen LogP contribution is 2.29. The van der Waals surface area contributed by atoms with Crippen LogP contribution in [0.3, 0.4) is 0 Å². The second-order valence-electron chi connectivity index (χ2n) is 6.42. The summed E-state index contributed by atoms with van der Waals surface area (Å²) in [6.07, 6.45) is 2.04. The van der Waals surface area contributed by atoms with E-state index >= 15 is 0 Å². The summed E-state index contributed by atoms with van der Waals surface area (Å²) in [4.78, 5) is 4.29. The maximum absolute atomic E-state index is 13.1. The molecule has 1 aromatic heterocycles. The number of halogens is 3. The fourth-order valence-corrected chi connectivity index (χ4v) is 4.59. The minimum absolute atomic E-state index is 0.0145. The summed E-state index contributed by atoms with van der Waals surface area (Å²) in [5, 5.41) is 0.426. The first-order valence-corrected chi connectivity index (χ1v) is 11.4. The van der Waals surface area contributed by atoms with Gasteiger partial charge in [0.15, 0.2) is 0 Å². The van der Waals surface area contributed by atoms with E-state index in [1.54, 1.807) is 10.8 Å². The van der Waals surface area contributed by atoms with Gasteiger partial charge in [-0.1, -0.05) is 30.1 Å². The molecule has 3 aromatic rings. The molecule has 1 heterocycles. The maximum Gasteiger partial charge on any atom is 0.302 e. The highest BCUT2D eigenvalue weighted by atomic mass is 35.5. The second kappa shape index (κ2) is 9.34. The Hall–Kier alpha value is -2.13. The molecule has 10 heteroatoms. The smallest absolute Gasteiger partial charge is 0.302 e. The molecule has 0 aliphatic carbocycles. The van der Waals surface area contributed by atoms with Crippen molar-refractivity contribution >= 4 is 33.2 Å². The molecule has 0 bridgehead atoms. The van der Waals surface area contributed by atoms with E-state index in [9.17, 15) is 12.8 Å². The standard InChI is InChI=1S/C20H20Cl2FN3O3S/c1-3-18(25-30(27,28)15-9-10-16(21)17(22)11-15)19-12-24-20(26(19)4-2)29-14-7-5-13(23)6-8-14/h5-12,18,25H,3-4H2,1-2H3/t18-/m1/s1. The van der Waals surface area contributed by atoms with Crippen LogP contribution in [0.2, 0.25) is 10.0 Å². The van der Waals surface area contributed by atoms with E-state index in [0.29, 0.717) is 24.4 Å². The van der Waals surface area contributed by atoms with Gasteiger partial charge in [-0.05, 0) is 55.8 Å². The number of sulfonamides is 1. The molecule has 1 atom stereocenters.